The van der Waals surface area contributed by atoms with E-state index in [1.54, 1.807) is 29.2 Å². The minimum Gasteiger partial charge on any atom is -0.460 e. The molecule has 2 aromatic heterocycles. The Kier molecular flexibility index (Phi) is 5.28. The highest BCUT2D eigenvalue weighted by molar-refractivity contribution is 6.31. The number of halogens is 1. The van der Waals surface area contributed by atoms with Crippen LogP contribution in [0.4, 0.5) is 5.69 Å². The number of aryl methyl sites for hydroxylation is 1. The summed E-state index contributed by atoms with van der Waals surface area (Å²) < 4.78 is 7.70. The number of furan rings is 1. The van der Waals surface area contributed by atoms with E-state index in [1.165, 1.54) is 12.8 Å². The van der Waals surface area contributed by atoms with Crippen molar-refractivity contribution in [3.8, 4) is 0 Å². The lowest BCUT2D eigenvalue weighted by atomic mass is 9.92. The highest BCUT2D eigenvalue weighted by Gasteiger charge is 2.49. The van der Waals surface area contributed by atoms with Gasteiger partial charge in [0.2, 0.25) is 5.91 Å². The Bertz CT molecular complexity index is 1190. The fourth-order valence-corrected chi connectivity index (χ4v) is 5.37. The third-order valence-electron chi connectivity index (χ3n) is 6.84. The van der Waals surface area contributed by atoms with Crippen LogP contribution in [0.2, 0.25) is 5.02 Å². The lowest BCUT2D eigenvalue weighted by molar-refractivity contribution is -0.127. The van der Waals surface area contributed by atoms with E-state index in [2.05, 4.69) is 5.32 Å². The second-order valence-corrected chi connectivity index (χ2v) is 9.71. The summed E-state index contributed by atoms with van der Waals surface area (Å²) in [4.78, 5) is 29.2. The number of hydrogen-bond acceptors (Lipinski definition) is 3. The molecule has 0 radical (unpaired) electrons. The van der Waals surface area contributed by atoms with Crippen molar-refractivity contribution in [1.82, 2.24) is 9.88 Å². The zero-order chi connectivity index (χ0) is 22.5. The normalized spacial score (nSPS) is 22.1. The van der Waals surface area contributed by atoms with Gasteiger partial charge in [0.1, 0.15) is 17.0 Å². The third-order valence-corrected chi connectivity index (χ3v) is 7.08. The molecule has 0 saturated heterocycles. The van der Waals surface area contributed by atoms with E-state index in [0.717, 1.165) is 37.0 Å². The van der Waals surface area contributed by atoms with E-state index >= 15 is 0 Å². The maximum Gasteiger partial charge on any atom is 0.276 e. The topological polar surface area (TPSA) is 67.5 Å². The van der Waals surface area contributed by atoms with Gasteiger partial charge in [0.15, 0.2) is 5.58 Å². The average Bonchev–Trinajstić information content (AvgIpc) is 3.14. The van der Waals surface area contributed by atoms with Crippen LogP contribution in [0, 0.1) is 6.92 Å². The van der Waals surface area contributed by atoms with Crippen molar-refractivity contribution in [2.24, 2.45) is 0 Å². The van der Waals surface area contributed by atoms with Crippen LogP contribution >= 0.6 is 11.6 Å². The van der Waals surface area contributed by atoms with Gasteiger partial charge in [-0.2, -0.15) is 0 Å². The van der Waals surface area contributed by atoms with Gasteiger partial charge >= 0.3 is 0 Å². The van der Waals surface area contributed by atoms with Gasteiger partial charge in [-0.15, -0.1) is 0 Å². The molecule has 1 aliphatic heterocycles. The summed E-state index contributed by atoms with van der Waals surface area (Å²) in [5, 5.41) is 3.80. The van der Waals surface area contributed by atoms with Crippen LogP contribution in [-0.4, -0.2) is 28.0 Å². The van der Waals surface area contributed by atoms with Gasteiger partial charge in [0.25, 0.3) is 5.91 Å². The van der Waals surface area contributed by atoms with Crippen molar-refractivity contribution in [3.63, 3.8) is 0 Å². The zero-order valence-corrected chi connectivity index (χ0v) is 19.2. The first-order valence-electron chi connectivity index (χ1n) is 11.4. The number of amides is 2. The molecule has 1 saturated carbocycles. The second-order valence-electron chi connectivity index (χ2n) is 9.28. The van der Waals surface area contributed by atoms with Crippen LogP contribution in [0.3, 0.4) is 0 Å². The highest BCUT2D eigenvalue weighted by Crippen LogP contribution is 2.37. The highest BCUT2D eigenvalue weighted by atomic mass is 35.5. The predicted molar refractivity (Wildman–Crippen MR) is 125 cm³/mol. The molecule has 1 fully saturated rings. The number of aromatic nitrogens is 1. The van der Waals surface area contributed by atoms with Gasteiger partial charge in [0, 0.05) is 28.9 Å². The van der Waals surface area contributed by atoms with E-state index in [4.69, 9.17) is 16.0 Å². The molecule has 2 aliphatic rings. The number of carbonyl (C=O) groups excluding carboxylic acids is 2. The van der Waals surface area contributed by atoms with Crippen molar-refractivity contribution >= 4 is 40.2 Å². The molecule has 32 heavy (non-hydrogen) atoms. The summed E-state index contributed by atoms with van der Waals surface area (Å²) >= 11 is 6.26. The molecule has 2 amide bonds. The Balaban J connectivity index is 1.59. The summed E-state index contributed by atoms with van der Waals surface area (Å²) in [5.41, 5.74) is 1.51. The minimum absolute atomic E-state index is 0.134. The van der Waals surface area contributed by atoms with Gasteiger partial charge < -0.3 is 14.3 Å². The average molecular weight is 454 g/mol. The number of fused-ring (bicyclic) bond motifs is 3. The first kappa shape index (κ1) is 21.1. The van der Waals surface area contributed by atoms with Crippen LogP contribution in [-0.2, 0) is 11.3 Å². The number of carbonyl (C=O) groups is 2. The second kappa shape index (κ2) is 8.00. The smallest absolute Gasteiger partial charge is 0.276 e. The van der Waals surface area contributed by atoms with Crippen LogP contribution in [0.25, 0.3) is 11.1 Å². The monoisotopic (exact) mass is 453 g/mol. The molecule has 0 spiro atoms. The van der Waals surface area contributed by atoms with Gasteiger partial charge in [-0.05, 0) is 44.9 Å². The van der Waals surface area contributed by atoms with E-state index in [9.17, 15) is 9.59 Å². The number of nitrogens with zero attached hydrogens (tertiary/aromatic N) is 2. The van der Waals surface area contributed by atoms with Crippen LogP contribution in [0.5, 0.6) is 0 Å². The number of hydrogen-bond donors (Lipinski definition) is 1. The molecule has 0 bridgehead atoms. The fourth-order valence-electron chi connectivity index (χ4n) is 5.19. The molecule has 6 nitrogen and oxygen atoms in total. The summed E-state index contributed by atoms with van der Waals surface area (Å²) in [6.45, 7) is 4.06. The first-order valence-corrected chi connectivity index (χ1v) is 11.8. The van der Waals surface area contributed by atoms with Gasteiger partial charge in [-0.3, -0.25) is 14.5 Å². The summed E-state index contributed by atoms with van der Waals surface area (Å²) in [5.74, 6) is 0.408. The van der Waals surface area contributed by atoms with Crippen molar-refractivity contribution in [2.45, 2.75) is 70.5 Å². The van der Waals surface area contributed by atoms with E-state index < -0.39 is 5.54 Å². The summed E-state index contributed by atoms with van der Waals surface area (Å²) in [6.07, 6.45) is 6.62. The molecule has 168 valence electrons. The number of benzene rings is 1. The molecule has 1 atom stereocenters. The Morgan fingerprint density at radius 3 is 2.62 bits per heavy atom. The maximum atomic E-state index is 13.8. The molecule has 1 aliphatic carbocycles. The molecule has 1 N–H and O–H groups in total. The standard InChI is InChI=1S/C25H28ClN3O3/c1-16-12-20-22(32-16)14-21-23(30)29(19-11-7-8-17(26)13-19)25(2,15-28(20)21)24(31)27-18-9-5-3-4-6-10-18/h7-8,11-14,18H,3-6,9-10,15H2,1-2H3,(H,27,31)/t25-/m1/s1. The Hall–Kier alpha value is -2.73. The van der Waals surface area contributed by atoms with E-state index in [0.29, 0.717) is 28.5 Å². The zero-order valence-electron chi connectivity index (χ0n) is 18.5. The lowest BCUT2D eigenvalue weighted by Crippen LogP contribution is -2.65. The van der Waals surface area contributed by atoms with Gasteiger partial charge in [0.05, 0.1) is 12.1 Å². The summed E-state index contributed by atoms with van der Waals surface area (Å²) in [7, 11) is 0. The van der Waals surface area contributed by atoms with E-state index in [-0.39, 0.29) is 17.9 Å². The van der Waals surface area contributed by atoms with Gasteiger partial charge in [-0.25, -0.2) is 0 Å². The van der Waals surface area contributed by atoms with Crippen molar-refractivity contribution < 1.29 is 14.0 Å². The Labute approximate surface area is 192 Å². The maximum absolute atomic E-state index is 13.8. The largest absolute Gasteiger partial charge is 0.460 e. The molecule has 3 heterocycles. The molecular formula is C25H28ClN3O3. The molecule has 7 heteroatoms. The SMILES string of the molecule is Cc1cc2c(cc3n2C[C@](C)(C(=O)NC2CCCCCC2)N(c2cccc(Cl)c2)C3=O)o1. The molecular weight excluding hydrogens is 426 g/mol. The number of anilines is 1. The van der Waals surface area contributed by atoms with E-state index in [1.807, 2.05) is 30.5 Å². The number of rotatable bonds is 3. The van der Waals surface area contributed by atoms with Gasteiger partial charge in [-0.1, -0.05) is 43.4 Å². The minimum atomic E-state index is -1.11. The van der Waals surface area contributed by atoms with Crippen LogP contribution in [0.1, 0.15) is 61.7 Å². The van der Waals surface area contributed by atoms with Crippen LogP contribution < -0.4 is 10.2 Å². The van der Waals surface area contributed by atoms with Crippen LogP contribution in [0.15, 0.2) is 40.8 Å². The fraction of sp³-hybridized carbons (Fsp3) is 0.440. The number of nitrogens with one attached hydrogen (secondary N) is 1. The van der Waals surface area contributed by atoms with Crippen molar-refractivity contribution in [1.29, 1.82) is 0 Å². The quantitative estimate of drug-likeness (QED) is 0.536. The summed E-state index contributed by atoms with van der Waals surface area (Å²) in [6, 6.07) is 11.0. The van der Waals surface area contributed by atoms with Crippen molar-refractivity contribution in [2.75, 3.05) is 4.90 Å². The molecule has 3 aromatic rings. The van der Waals surface area contributed by atoms with Crippen molar-refractivity contribution in [3.05, 3.63) is 52.9 Å². The predicted octanol–water partition coefficient (Wildman–Crippen LogP) is 5.45. The first-order chi connectivity index (χ1) is 15.4. The molecule has 0 unspecified atom stereocenters. The molecule has 1 aromatic carbocycles. The third kappa shape index (κ3) is 3.51. The lowest BCUT2D eigenvalue weighted by Gasteiger charge is -2.44. The Morgan fingerprint density at radius 2 is 1.91 bits per heavy atom. The molecule has 5 rings (SSSR count). The Morgan fingerprint density at radius 1 is 1.16 bits per heavy atom.